The predicted molar refractivity (Wildman–Crippen MR) is 143 cm³/mol. The van der Waals surface area contributed by atoms with E-state index in [2.05, 4.69) is 110 Å². The van der Waals surface area contributed by atoms with Gasteiger partial charge < -0.3 is 5.32 Å². The second-order valence-electron chi connectivity index (χ2n) is 9.83. The van der Waals surface area contributed by atoms with Crippen molar-refractivity contribution < 1.29 is 0 Å². The quantitative estimate of drug-likeness (QED) is 0.292. The Morgan fingerprint density at radius 3 is 2.10 bits per heavy atom. The molecule has 0 radical (unpaired) electrons. The molecular formula is C30H49N. The number of hydrogen-bond donors (Lipinski definition) is 1. The van der Waals surface area contributed by atoms with Crippen LogP contribution in [-0.4, -0.2) is 0 Å². The third-order valence-electron chi connectivity index (χ3n) is 5.29. The number of aryl methyl sites for hydroxylation is 1. The van der Waals surface area contributed by atoms with Crippen LogP contribution in [0.25, 0.3) is 5.70 Å². The van der Waals surface area contributed by atoms with Crippen molar-refractivity contribution in [2.45, 2.75) is 88.5 Å². The van der Waals surface area contributed by atoms with E-state index in [1.807, 2.05) is 13.8 Å². The van der Waals surface area contributed by atoms with Gasteiger partial charge >= 0.3 is 0 Å². The molecule has 0 saturated carbocycles. The zero-order valence-electron chi connectivity index (χ0n) is 22.2. The van der Waals surface area contributed by atoms with Gasteiger partial charge in [-0.05, 0) is 61.2 Å². The zero-order valence-corrected chi connectivity index (χ0v) is 22.2. The van der Waals surface area contributed by atoms with Crippen LogP contribution in [0.3, 0.4) is 0 Å². The predicted octanol–water partition coefficient (Wildman–Crippen LogP) is 9.48. The summed E-state index contributed by atoms with van der Waals surface area (Å²) < 4.78 is 0. The van der Waals surface area contributed by atoms with Crippen LogP contribution in [0.1, 0.15) is 92.7 Å². The molecule has 1 heteroatoms. The first-order valence-corrected chi connectivity index (χ1v) is 12.0. The third-order valence-corrected chi connectivity index (χ3v) is 5.29. The van der Waals surface area contributed by atoms with Crippen LogP contribution in [0.5, 0.6) is 0 Å². The van der Waals surface area contributed by atoms with E-state index in [9.17, 15) is 0 Å². The second kappa shape index (κ2) is 14.1. The summed E-state index contributed by atoms with van der Waals surface area (Å²) in [6.45, 7) is 30.5. The highest BCUT2D eigenvalue weighted by Crippen LogP contribution is 2.30. The fourth-order valence-electron chi connectivity index (χ4n) is 3.64. The van der Waals surface area contributed by atoms with Crippen molar-refractivity contribution in [3.05, 3.63) is 77.5 Å². The molecule has 1 N–H and O–H groups in total. The largest absolute Gasteiger partial charge is 0.359 e. The van der Waals surface area contributed by atoms with Crippen LogP contribution in [0, 0.1) is 24.2 Å². The van der Waals surface area contributed by atoms with Crippen LogP contribution in [-0.2, 0) is 0 Å². The Labute approximate surface area is 194 Å². The summed E-state index contributed by atoms with van der Waals surface area (Å²) in [4.78, 5) is 0. The Morgan fingerprint density at radius 1 is 1.06 bits per heavy atom. The van der Waals surface area contributed by atoms with Gasteiger partial charge in [0.2, 0.25) is 0 Å². The fourth-order valence-corrected chi connectivity index (χ4v) is 3.64. The summed E-state index contributed by atoms with van der Waals surface area (Å²) in [7, 11) is 0. The van der Waals surface area contributed by atoms with Crippen molar-refractivity contribution in [2.75, 3.05) is 0 Å². The number of allylic oxidation sites excluding steroid dienone is 5. The van der Waals surface area contributed by atoms with Crippen molar-refractivity contribution in [3.63, 3.8) is 0 Å². The standard InChI is InChI=1S/C28H43N.C2H6/c1-11-12-21(3)24(6)22(4)17-26(19-28(8,9)10)18-23(5)29-25(7)27-15-13-20(2)14-16-27;1-2/h13-18,21-22,29H,6-7,11-12,19H2,1-5,8-10H3;1-2H3/b23-18+,26-17-;. The van der Waals surface area contributed by atoms with Crippen LogP contribution in [0.2, 0.25) is 0 Å². The highest BCUT2D eigenvalue weighted by atomic mass is 14.9. The third kappa shape index (κ3) is 11.8. The molecule has 31 heavy (non-hydrogen) atoms. The van der Waals surface area contributed by atoms with Gasteiger partial charge in [0, 0.05) is 11.4 Å². The number of hydrogen-bond acceptors (Lipinski definition) is 1. The maximum Gasteiger partial charge on any atom is 0.0382 e. The average Bonchev–Trinajstić information content (AvgIpc) is 2.68. The van der Waals surface area contributed by atoms with Gasteiger partial charge in [0.25, 0.3) is 0 Å². The first-order chi connectivity index (χ1) is 14.4. The molecule has 174 valence electrons. The highest BCUT2D eigenvalue weighted by Gasteiger charge is 2.16. The second-order valence-corrected chi connectivity index (χ2v) is 9.83. The molecule has 0 heterocycles. The molecule has 0 aliphatic rings. The van der Waals surface area contributed by atoms with E-state index in [0.717, 1.165) is 23.4 Å². The zero-order chi connectivity index (χ0) is 24.2. The molecule has 2 atom stereocenters. The monoisotopic (exact) mass is 423 g/mol. The molecule has 0 saturated heterocycles. The summed E-state index contributed by atoms with van der Waals surface area (Å²) in [5, 5.41) is 3.48. The molecule has 0 fully saturated rings. The Morgan fingerprint density at radius 2 is 1.61 bits per heavy atom. The smallest absolute Gasteiger partial charge is 0.0382 e. The van der Waals surface area contributed by atoms with E-state index in [-0.39, 0.29) is 5.41 Å². The van der Waals surface area contributed by atoms with E-state index in [4.69, 9.17) is 0 Å². The Hall–Kier alpha value is -2.02. The Bertz CT molecular complexity index is 738. The first-order valence-electron chi connectivity index (χ1n) is 12.0. The average molecular weight is 424 g/mol. The Kier molecular flexibility index (Phi) is 13.2. The maximum absolute atomic E-state index is 4.40. The molecular weight excluding hydrogens is 374 g/mol. The minimum Gasteiger partial charge on any atom is -0.359 e. The summed E-state index contributed by atoms with van der Waals surface area (Å²) in [6, 6.07) is 8.48. The van der Waals surface area contributed by atoms with Gasteiger partial charge in [0.1, 0.15) is 0 Å². The molecule has 2 unspecified atom stereocenters. The minimum absolute atomic E-state index is 0.229. The van der Waals surface area contributed by atoms with Crippen molar-refractivity contribution in [1.29, 1.82) is 0 Å². The molecule has 1 nitrogen and oxygen atoms in total. The molecule has 0 bridgehead atoms. The normalized spacial score (nSPS) is 14.3. The van der Waals surface area contributed by atoms with E-state index in [1.165, 1.54) is 29.6 Å². The number of benzene rings is 1. The van der Waals surface area contributed by atoms with Crippen molar-refractivity contribution in [3.8, 4) is 0 Å². The van der Waals surface area contributed by atoms with Crippen LogP contribution < -0.4 is 5.32 Å². The molecule has 0 amide bonds. The molecule has 0 aliphatic heterocycles. The number of nitrogens with one attached hydrogen (secondary N) is 1. The van der Waals surface area contributed by atoms with Crippen molar-refractivity contribution in [2.24, 2.45) is 17.3 Å². The van der Waals surface area contributed by atoms with Crippen LogP contribution in [0.4, 0.5) is 0 Å². The van der Waals surface area contributed by atoms with Gasteiger partial charge in [-0.2, -0.15) is 0 Å². The van der Waals surface area contributed by atoms with Crippen molar-refractivity contribution >= 4 is 5.70 Å². The van der Waals surface area contributed by atoms with E-state index >= 15 is 0 Å². The molecule has 0 aromatic heterocycles. The van der Waals surface area contributed by atoms with Gasteiger partial charge in [0.15, 0.2) is 0 Å². The summed E-state index contributed by atoms with van der Waals surface area (Å²) >= 11 is 0. The fraction of sp³-hybridized carbons (Fsp3) is 0.533. The molecule has 1 rings (SSSR count). The minimum atomic E-state index is 0.229. The van der Waals surface area contributed by atoms with E-state index < -0.39 is 0 Å². The lowest BCUT2D eigenvalue weighted by atomic mass is 9.83. The molecule has 1 aromatic carbocycles. The van der Waals surface area contributed by atoms with Gasteiger partial charge in [-0.3, -0.25) is 0 Å². The van der Waals surface area contributed by atoms with Crippen LogP contribution in [0.15, 0.2) is 66.4 Å². The molecule has 1 aromatic rings. The highest BCUT2D eigenvalue weighted by molar-refractivity contribution is 5.63. The van der Waals surface area contributed by atoms with Gasteiger partial charge in [-0.1, -0.05) is 116 Å². The lowest BCUT2D eigenvalue weighted by molar-refractivity contribution is 0.411. The van der Waals surface area contributed by atoms with Crippen LogP contribution >= 0.6 is 0 Å². The summed E-state index contributed by atoms with van der Waals surface area (Å²) in [6.07, 6.45) is 8.12. The SMILES string of the molecule is C=C(N/C(C)=C/C(=C/C(C)C(=C)C(C)CCC)CC(C)(C)C)c1ccc(C)cc1.CC. The Balaban J connectivity index is 0.00000436. The first kappa shape index (κ1) is 29.0. The van der Waals surface area contributed by atoms with Gasteiger partial charge in [0.05, 0.1) is 0 Å². The van der Waals surface area contributed by atoms with Gasteiger partial charge in [-0.25, -0.2) is 0 Å². The molecule has 0 aliphatic carbocycles. The van der Waals surface area contributed by atoms with Gasteiger partial charge in [-0.15, -0.1) is 0 Å². The van der Waals surface area contributed by atoms with Crippen molar-refractivity contribution in [1.82, 2.24) is 5.32 Å². The van der Waals surface area contributed by atoms with E-state index in [1.54, 1.807) is 0 Å². The summed E-state index contributed by atoms with van der Waals surface area (Å²) in [5.41, 5.74) is 7.36. The summed E-state index contributed by atoms with van der Waals surface area (Å²) in [5.74, 6) is 0.935. The topological polar surface area (TPSA) is 12.0 Å². The maximum atomic E-state index is 4.40. The van der Waals surface area contributed by atoms with E-state index in [0.29, 0.717) is 11.8 Å². The lowest BCUT2D eigenvalue weighted by Crippen LogP contribution is -2.12. The lowest BCUT2D eigenvalue weighted by Gasteiger charge is -2.23. The molecule has 0 spiro atoms. The number of rotatable bonds is 10.